The number of halogens is 1. The SMILES string of the molecule is CC(C)(C)CC(C)(C)C1=CC(F)(n2c3ccc(C(C)(C)C)cc3c3cc(C(C)(C)C)ccc32)C(O)C(c2ccccc2)=C1. The molecule has 2 nitrogen and oxygen atoms in total. The topological polar surface area (TPSA) is 25.2 Å². The Balaban J connectivity index is 1.86. The Morgan fingerprint density at radius 1 is 0.721 bits per heavy atom. The molecule has 0 aliphatic heterocycles. The maximum atomic E-state index is 18.4. The van der Waals surface area contributed by atoms with Gasteiger partial charge in [0.15, 0.2) is 0 Å². The van der Waals surface area contributed by atoms with Crippen molar-refractivity contribution >= 4 is 27.4 Å². The Labute approximate surface area is 258 Å². The largest absolute Gasteiger partial charge is 0.383 e. The molecule has 3 heteroatoms. The molecule has 1 heterocycles. The zero-order valence-corrected chi connectivity index (χ0v) is 28.1. The van der Waals surface area contributed by atoms with Crippen molar-refractivity contribution in [2.45, 2.75) is 105 Å². The van der Waals surface area contributed by atoms with E-state index < -0.39 is 11.9 Å². The first-order chi connectivity index (χ1) is 19.7. The minimum absolute atomic E-state index is 0.0414. The summed E-state index contributed by atoms with van der Waals surface area (Å²) < 4.78 is 20.2. The molecule has 5 rings (SSSR count). The van der Waals surface area contributed by atoms with Crippen LogP contribution in [-0.4, -0.2) is 15.8 Å². The van der Waals surface area contributed by atoms with Crippen molar-refractivity contribution < 1.29 is 9.50 Å². The molecule has 2 atom stereocenters. The smallest absolute Gasteiger partial charge is 0.236 e. The maximum Gasteiger partial charge on any atom is 0.236 e. The summed E-state index contributed by atoms with van der Waals surface area (Å²) in [5.41, 5.74) is 5.91. The lowest BCUT2D eigenvalue weighted by molar-refractivity contribution is 0.00848. The highest BCUT2D eigenvalue weighted by Crippen LogP contribution is 2.50. The van der Waals surface area contributed by atoms with Crippen molar-refractivity contribution in [3.05, 3.63) is 101 Å². The second-order valence-electron chi connectivity index (χ2n) is 16.6. The summed E-state index contributed by atoms with van der Waals surface area (Å²) in [7, 11) is 0. The molecule has 0 fully saturated rings. The molecule has 1 N–H and O–H groups in total. The number of nitrogens with zero attached hydrogens (tertiary/aromatic N) is 1. The summed E-state index contributed by atoms with van der Waals surface area (Å²) in [4.78, 5) is 0. The van der Waals surface area contributed by atoms with Crippen LogP contribution in [0.25, 0.3) is 27.4 Å². The van der Waals surface area contributed by atoms with E-state index in [0.717, 1.165) is 39.4 Å². The van der Waals surface area contributed by atoms with Crippen LogP contribution in [0.2, 0.25) is 0 Å². The minimum Gasteiger partial charge on any atom is -0.383 e. The lowest BCUT2D eigenvalue weighted by Gasteiger charge is -2.41. The highest BCUT2D eigenvalue weighted by atomic mass is 19.1. The van der Waals surface area contributed by atoms with E-state index in [1.165, 1.54) is 11.1 Å². The van der Waals surface area contributed by atoms with E-state index in [1.807, 2.05) is 36.4 Å². The number of rotatable bonds is 4. The van der Waals surface area contributed by atoms with Gasteiger partial charge in [-0.3, -0.25) is 0 Å². The Bertz CT molecular complexity index is 1660. The number of fused-ring (bicyclic) bond motifs is 3. The molecule has 0 spiro atoms. The van der Waals surface area contributed by atoms with E-state index in [1.54, 1.807) is 10.6 Å². The number of benzene rings is 3. The third-order valence-corrected chi connectivity index (χ3v) is 9.05. The van der Waals surface area contributed by atoms with Gasteiger partial charge < -0.3 is 9.67 Å². The fourth-order valence-corrected chi connectivity index (χ4v) is 7.01. The highest BCUT2D eigenvalue weighted by Gasteiger charge is 2.47. The molecule has 0 radical (unpaired) electrons. The zero-order chi connectivity index (χ0) is 31.8. The fraction of sp³-hybridized carbons (Fsp3) is 0.450. The molecular formula is C40H50FNO. The van der Waals surface area contributed by atoms with Gasteiger partial charge in [0, 0.05) is 10.8 Å². The Morgan fingerprint density at radius 3 is 1.65 bits per heavy atom. The molecule has 1 aliphatic carbocycles. The molecular weight excluding hydrogens is 529 g/mol. The summed E-state index contributed by atoms with van der Waals surface area (Å²) >= 11 is 0. The second kappa shape index (κ2) is 10.2. The minimum atomic E-state index is -2.21. The Hall–Kier alpha value is -3.17. The number of aromatic nitrogens is 1. The first-order valence-electron chi connectivity index (χ1n) is 15.7. The van der Waals surface area contributed by atoms with Crippen molar-refractivity contribution in [3.63, 3.8) is 0 Å². The van der Waals surface area contributed by atoms with Crippen molar-refractivity contribution in [2.24, 2.45) is 10.8 Å². The highest BCUT2D eigenvalue weighted by molar-refractivity contribution is 6.09. The van der Waals surface area contributed by atoms with Gasteiger partial charge in [-0.15, -0.1) is 0 Å². The number of alkyl halides is 1. The summed E-state index contributed by atoms with van der Waals surface area (Å²) in [6, 6.07) is 22.6. The van der Waals surface area contributed by atoms with Crippen LogP contribution in [0, 0.1) is 10.8 Å². The quantitative estimate of drug-likeness (QED) is 0.256. The van der Waals surface area contributed by atoms with Gasteiger partial charge in [0.05, 0.1) is 11.0 Å². The third kappa shape index (κ3) is 5.74. The molecule has 2 unspecified atom stereocenters. The van der Waals surface area contributed by atoms with E-state index in [4.69, 9.17) is 0 Å². The number of hydrogen-bond donors (Lipinski definition) is 1. The average molecular weight is 580 g/mol. The Kier molecular flexibility index (Phi) is 7.41. The molecule has 0 saturated carbocycles. The summed E-state index contributed by atoms with van der Waals surface area (Å²) in [6.45, 7) is 24.3. The van der Waals surface area contributed by atoms with Crippen LogP contribution in [0.3, 0.4) is 0 Å². The monoisotopic (exact) mass is 579 g/mol. The molecule has 0 saturated heterocycles. The number of aliphatic hydroxyl groups excluding tert-OH is 1. The first kappa shape index (κ1) is 31.3. The summed E-state index contributed by atoms with van der Waals surface area (Å²) in [5.74, 6) is -2.21. The van der Waals surface area contributed by atoms with Gasteiger partial charge in [-0.1, -0.05) is 125 Å². The van der Waals surface area contributed by atoms with Crippen molar-refractivity contribution in [2.75, 3.05) is 0 Å². The molecule has 228 valence electrons. The van der Waals surface area contributed by atoms with Gasteiger partial charge in [-0.25, -0.2) is 4.39 Å². The molecule has 1 aromatic heterocycles. The van der Waals surface area contributed by atoms with Crippen molar-refractivity contribution in [3.8, 4) is 0 Å². The molecule has 3 aromatic carbocycles. The summed E-state index contributed by atoms with van der Waals surface area (Å²) in [5, 5.41) is 14.1. The number of aliphatic hydroxyl groups is 1. The zero-order valence-electron chi connectivity index (χ0n) is 28.1. The normalized spacial score (nSPS) is 20.4. The number of hydrogen-bond acceptors (Lipinski definition) is 1. The standard InChI is InChI=1S/C40H50FNO/c1-36(2,3)25-39(10,11)29-23-30(26-15-13-12-14-16-26)35(43)40(41,24-29)42-33-19-17-27(37(4,5)6)21-31(33)32-22-28(38(7,8)9)18-20-34(32)42/h12-24,35,43H,25H2,1-11H3. The van der Waals surface area contributed by atoms with Gasteiger partial charge in [-0.05, 0) is 86.3 Å². The van der Waals surface area contributed by atoms with E-state index in [0.29, 0.717) is 5.57 Å². The van der Waals surface area contributed by atoms with Gasteiger partial charge in [0.2, 0.25) is 5.79 Å². The van der Waals surface area contributed by atoms with Crippen molar-refractivity contribution in [1.82, 2.24) is 4.57 Å². The first-order valence-corrected chi connectivity index (χ1v) is 15.7. The van der Waals surface area contributed by atoms with Crippen LogP contribution >= 0.6 is 0 Å². The molecule has 4 aromatic rings. The maximum absolute atomic E-state index is 18.4. The predicted molar refractivity (Wildman–Crippen MR) is 182 cm³/mol. The van der Waals surface area contributed by atoms with Crippen LogP contribution in [0.15, 0.2) is 84.5 Å². The van der Waals surface area contributed by atoms with Gasteiger partial charge in [0.25, 0.3) is 0 Å². The fourth-order valence-electron chi connectivity index (χ4n) is 7.01. The average Bonchev–Trinajstić information content (AvgIpc) is 3.22. The molecule has 0 bridgehead atoms. The molecule has 43 heavy (non-hydrogen) atoms. The van der Waals surface area contributed by atoms with E-state index in [2.05, 4.69) is 113 Å². The summed E-state index contributed by atoms with van der Waals surface area (Å²) in [6.07, 6.45) is 3.22. The van der Waals surface area contributed by atoms with E-state index in [-0.39, 0.29) is 21.7 Å². The van der Waals surface area contributed by atoms with Gasteiger partial charge >= 0.3 is 0 Å². The van der Waals surface area contributed by atoms with Crippen LogP contribution < -0.4 is 0 Å². The lowest BCUT2D eigenvalue weighted by atomic mass is 9.69. The van der Waals surface area contributed by atoms with E-state index in [9.17, 15) is 5.11 Å². The van der Waals surface area contributed by atoms with Crippen LogP contribution in [-0.2, 0) is 16.6 Å². The number of allylic oxidation sites excluding steroid dienone is 2. The van der Waals surface area contributed by atoms with Crippen LogP contribution in [0.1, 0.15) is 99.3 Å². The van der Waals surface area contributed by atoms with E-state index >= 15 is 4.39 Å². The lowest BCUT2D eigenvalue weighted by Crippen LogP contribution is -2.43. The van der Waals surface area contributed by atoms with Crippen LogP contribution in [0.4, 0.5) is 4.39 Å². The molecule has 1 aliphatic rings. The van der Waals surface area contributed by atoms with Gasteiger partial charge in [-0.2, -0.15) is 0 Å². The van der Waals surface area contributed by atoms with Crippen LogP contribution in [0.5, 0.6) is 0 Å². The van der Waals surface area contributed by atoms with Gasteiger partial charge in [0.1, 0.15) is 6.10 Å². The Morgan fingerprint density at radius 2 is 1.21 bits per heavy atom. The molecule has 0 amide bonds. The second-order valence-corrected chi connectivity index (χ2v) is 16.6. The third-order valence-electron chi connectivity index (χ3n) is 9.05. The van der Waals surface area contributed by atoms with Crippen molar-refractivity contribution in [1.29, 1.82) is 0 Å². The predicted octanol–water partition coefficient (Wildman–Crippen LogP) is 10.9.